The molecule has 16 heavy (non-hydrogen) atoms. The molecule has 0 heterocycles. The molecular weight excluding hydrogens is 230 g/mol. The van der Waals surface area contributed by atoms with Crippen LogP contribution in [-0.4, -0.2) is 29.4 Å². The zero-order valence-electron chi connectivity index (χ0n) is 9.16. The second-order valence-electron chi connectivity index (χ2n) is 2.92. The predicted molar refractivity (Wildman–Crippen MR) is 65.7 cm³/mol. The van der Waals surface area contributed by atoms with Crippen molar-refractivity contribution in [2.75, 3.05) is 19.3 Å². The number of nitrogens with one attached hydrogen (secondary N) is 3. The van der Waals surface area contributed by atoms with Gasteiger partial charge in [-0.3, -0.25) is 15.5 Å². The molecule has 92 valence electrons. The van der Waals surface area contributed by atoms with E-state index in [1.165, 1.54) is 11.8 Å². The van der Waals surface area contributed by atoms with E-state index < -0.39 is 4.92 Å². The van der Waals surface area contributed by atoms with Crippen molar-refractivity contribution in [1.29, 1.82) is 5.41 Å². The van der Waals surface area contributed by atoms with Gasteiger partial charge in [-0.25, -0.2) is 0 Å². The molecule has 8 heteroatoms. The van der Waals surface area contributed by atoms with E-state index in [4.69, 9.17) is 11.1 Å². The third-order valence-electron chi connectivity index (χ3n) is 1.65. The van der Waals surface area contributed by atoms with Gasteiger partial charge in [-0.1, -0.05) is 11.8 Å². The number of hydrogen-bond acceptors (Lipinski definition) is 6. The van der Waals surface area contributed by atoms with Crippen LogP contribution in [0.3, 0.4) is 0 Å². The Balaban J connectivity index is 3.56. The Bertz CT molecular complexity index is 269. The first kappa shape index (κ1) is 14.6. The number of hydrogen-bond donors (Lipinski definition) is 4. The lowest BCUT2D eigenvalue weighted by molar-refractivity contribution is -0.404. The van der Waals surface area contributed by atoms with E-state index in [1.54, 1.807) is 7.05 Å². The van der Waals surface area contributed by atoms with Crippen LogP contribution >= 0.6 is 11.8 Å². The molecule has 0 unspecified atom stereocenters. The summed E-state index contributed by atoms with van der Waals surface area (Å²) >= 11 is 1.30. The van der Waals surface area contributed by atoms with Crippen molar-refractivity contribution in [2.24, 2.45) is 5.73 Å². The molecule has 0 aromatic carbocycles. The summed E-state index contributed by atoms with van der Waals surface area (Å²) in [6, 6.07) is 0. The molecule has 0 spiro atoms. The van der Waals surface area contributed by atoms with Crippen LogP contribution in [0.2, 0.25) is 0 Å². The van der Waals surface area contributed by atoms with Crippen LogP contribution in [0, 0.1) is 15.5 Å². The summed E-state index contributed by atoms with van der Waals surface area (Å²) in [5.74, 6) is 1.19. The molecule has 0 aliphatic carbocycles. The highest BCUT2D eigenvalue weighted by Gasteiger charge is 1.99. The summed E-state index contributed by atoms with van der Waals surface area (Å²) in [5.41, 5.74) is 5.17. The standard InChI is InChI=1S/C8H17N5O2S/c1-11-7(6-13(14)15)12-4-2-3-5-16-8(9)10/h6,11-12H,2-5H2,1H3,(H3,9,10). The van der Waals surface area contributed by atoms with Gasteiger partial charge in [-0.2, -0.15) is 0 Å². The summed E-state index contributed by atoms with van der Waals surface area (Å²) in [6.45, 7) is 0.652. The minimum absolute atomic E-state index is 0.122. The molecule has 0 amide bonds. The molecule has 0 aliphatic rings. The number of nitro groups is 1. The lowest BCUT2D eigenvalue weighted by Crippen LogP contribution is -2.25. The fourth-order valence-electron chi connectivity index (χ4n) is 0.936. The lowest BCUT2D eigenvalue weighted by Gasteiger charge is -2.07. The van der Waals surface area contributed by atoms with Gasteiger partial charge in [0.05, 0.1) is 4.92 Å². The van der Waals surface area contributed by atoms with Crippen LogP contribution in [0.15, 0.2) is 12.0 Å². The zero-order chi connectivity index (χ0) is 12.4. The SMILES string of the molecule is CNC(=C[N+](=O)[O-])NCCCCSC(=N)N. The first-order chi connectivity index (χ1) is 7.56. The monoisotopic (exact) mass is 247 g/mol. The van der Waals surface area contributed by atoms with Crippen molar-refractivity contribution >= 4 is 16.9 Å². The highest BCUT2D eigenvalue weighted by atomic mass is 32.2. The van der Waals surface area contributed by atoms with E-state index in [9.17, 15) is 10.1 Å². The fourth-order valence-corrected chi connectivity index (χ4v) is 1.50. The summed E-state index contributed by atoms with van der Waals surface area (Å²) in [4.78, 5) is 9.68. The smallest absolute Gasteiger partial charge is 0.274 e. The molecule has 0 fully saturated rings. The van der Waals surface area contributed by atoms with E-state index in [1.807, 2.05) is 0 Å². The van der Waals surface area contributed by atoms with Crippen molar-refractivity contribution in [1.82, 2.24) is 10.6 Å². The number of nitrogens with zero attached hydrogens (tertiary/aromatic N) is 1. The third kappa shape index (κ3) is 9.13. The molecule has 0 saturated carbocycles. The maximum Gasteiger partial charge on any atom is 0.274 e. The summed E-state index contributed by atoms with van der Waals surface area (Å²) in [7, 11) is 1.62. The number of unbranched alkanes of at least 4 members (excludes halogenated alkanes) is 1. The number of nitrogens with two attached hydrogens (primary N) is 1. The Labute approximate surface area is 98.5 Å². The average Bonchev–Trinajstić information content (AvgIpc) is 2.20. The van der Waals surface area contributed by atoms with E-state index in [-0.39, 0.29) is 5.17 Å². The fraction of sp³-hybridized carbons (Fsp3) is 0.625. The first-order valence-electron chi connectivity index (χ1n) is 4.80. The molecule has 0 aromatic heterocycles. The molecular formula is C8H17N5O2S. The topological polar surface area (TPSA) is 117 Å². The molecule has 7 nitrogen and oxygen atoms in total. The first-order valence-corrected chi connectivity index (χ1v) is 5.78. The van der Waals surface area contributed by atoms with Gasteiger partial charge >= 0.3 is 0 Å². The van der Waals surface area contributed by atoms with Crippen LogP contribution in [0.1, 0.15) is 12.8 Å². The summed E-state index contributed by atoms with van der Waals surface area (Å²) < 4.78 is 0. The van der Waals surface area contributed by atoms with Crippen LogP contribution in [0.25, 0.3) is 0 Å². The van der Waals surface area contributed by atoms with Crippen LogP contribution in [0.5, 0.6) is 0 Å². The average molecular weight is 247 g/mol. The Morgan fingerprint density at radius 3 is 2.81 bits per heavy atom. The second-order valence-corrected chi connectivity index (χ2v) is 4.06. The van der Waals surface area contributed by atoms with Crippen molar-refractivity contribution in [3.05, 3.63) is 22.1 Å². The van der Waals surface area contributed by atoms with E-state index in [0.717, 1.165) is 24.8 Å². The summed E-state index contributed by atoms with van der Waals surface area (Å²) in [6.07, 6.45) is 2.67. The zero-order valence-corrected chi connectivity index (χ0v) is 9.97. The van der Waals surface area contributed by atoms with E-state index in [0.29, 0.717) is 12.4 Å². The van der Waals surface area contributed by atoms with E-state index >= 15 is 0 Å². The minimum Gasteiger partial charge on any atom is -0.379 e. The van der Waals surface area contributed by atoms with Crippen molar-refractivity contribution in [2.45, 2.75) is 12.8 Å². The number of rotatable bonds is 8. The molecule has 0 atom stereocenters. The largest absolute Gasteiger partial charge is 0.379 e. The van der Waals surface area contributed by atoms with Crippen LogP contribution in [-0.2, 0) is 0 Å². The predicted octanol–water partition coefficient (Wildman–Crippen LogP) is 0.278. The molecule has 0 aliphatic heterocycles. The molecule has 5 N–H and O–H groups in total. The van der Waals surface area contributed by atoms with Crippen LogP contribution in [0.4, 0.5) is 0 Å². The Kier molecular flexibility index (Phi) is 8.04. The van der Waals surface area contributed by atoms with Gasteiger partial charge in [-0.15, -0.1) is 0 Å². The second kappa shape index (κ2) is 8.84. The highest BCUT2D eigenvalue weighted by Crippen LogP contribution is 2.02. The highest BCUT2D eigenvalue weighted by molar-refractivity contribution is 8.13. The summed E-state index contributed by atoms with van der Waals surface area (Å²) in [5, 5.41) is 22.9. The molecule has 0 radical (unpaired) electrons. The third-order valence-corrected chi connectivity index (χ3v) is 2.45. The quantitative estimate of drug-likeness (QED) is 0.161. The van der Waals surface area contributed by atoms with Gasteiger partial charge in [-0.05, 0) is 12.8 Å². The van der Waals surface area contributed by atoms with Crippen molar-refractivity contribution < 1.29 is 4.92 Å². The van der Waals surface area contributed by atoms with Crippen molar-refractivity contribution in [3.63, 3.8) is 0 Å². The molecule has 0 aromatic rings. The maximum atomic E-state index is 10.2. The number of thioether (sulfide) groups is 1. The van der Waals surface area contributed by atoms with Gasteiger partial charge < -0.3 is 16.4 Å². The van der Waals surface area contributed by atoms with Gasteiger partial charge in [0, 0.05) is 19.3 Å². The van der Waals surface area contributed by atoms with Gasteiger partial charge in [0.2, 0.25) is 0 Å². The Morgan fingerprint density at radius 1 is 1.62 bits per heavy atom. The molecule has 0 rings (SSSR count). The Hall–Kier alpha value is -1.44. The molecule has 0 saturated heterocycles. The van der Waals surface area contributed by atoms with Crippen molar-refractivity contribution in [3.8, 4) is 0 Å². The minimum atomic E-state index is -0.509. The Morgan fingerprint density at radius 2 is 2.31 bits per heavy atom. The number of amidine groups is 1. The normalized spacial score (nSPS) is 10.9. The van der Waals surface area contributed by atoms with Crippen LogP contribution < -0.4 is 16.4 Å². The maximum absolute atomic E-state index is 10.2. The van der Waals surface area contributed by atoms with Gasteiger partial charge in [0.15, 0.2) is 11.0 Å². The lowest BCUT2D eigenvalue weighted by atomic mass is 10.3. The molecule has 0 bridgehead atoms. The van der Waals surface area contributed by atoms with Gasteiger partial charge in [0.25, 0.3) is 6.20 Å². The van der Waals surface area contributed by atoms with Gasteiger partial charge in [0.1, 0.15) is 0 Å². The van der Waals surface area contributed by atoms with E-state index in [2.05, 4.69) is 10.6 Å².